The van der Waals surface area contributed by atoms with Crippen molar-refractivity contribution >= 4 is 40.5 Å². The zero-order chi connectivity index (χ0) is 28.5. The second kappa shape index (κ2) is 11.1. The number of hydrogen-bond donors (Lipinski definition) is 1. The molecule has 8 nitrogen and oxygen atoms in total. The number of aromatic nitrogens is 3. The summed E-state index contributed by atoms with van der Waals surface area (Å²) < 4.78 is 2.22. The van der Waals surface area contributed by atoms with Gasteiger partial charge in [0.05, 0.1) is 34.6 Å². The third kappa shape index (κ3) is 5.19. The molecule has 2 atom stereocenters. The van der Waals surface area contributed by atoms with Gasteiger partial charge in [0.15, 0.2) is 5.11 Å². The lowest BCUT2D eigenvalue weighted by Crippen LogP contribution is -2.29. The van der Waals surface area contributed by atoms with Crippen LogP contribution >= 0.6 is 24.0 Å². The highest BCUT2D eigenvalue weighted by atomic mass is 32.2. The van der Waals surface area contributed by atoms with E-state index in [1.165, 1.54) is 12.1 Å². The lowest BCUT2D eigenvalue weighted by molar-refractivity contribution is -0.384. The summed E-state index contributed by atoms with van der Waals surface area (Å²) in [6, 6.07) is 26.7. The summed E-state index contributed by atoms with van der Waals surface area (Å²) in [5.74, 6) is 0. The number of aryl methyl sites for hydroxylation is 1. The van der Waals surface area contributed by atoms with Gasteiger partial charge in [0, 0.05) is 51.4 Å². The first-order valence-electron chi connectivity index (χ1n) is 13.0. The third-order valence-corrected chi connectivity index (χ3v) is 8.52. The van der Waals surface area contributed by atoms with Gasteiger partial charge in [-0.3, -0.25) is 20.1 Å². The molecule has 0 saturated carbocycles. The van der Waals surface area contributed by atoms with Crippen molar-refractivity contribution < 1.29 is 4.92 Å². The van der Waals surface area contributed by atoms with Crippen LogP contribution in [-0.4, -0.2) is 24.6 Å². The summed E-state index contributed by atoms with van der Waals surface area (Å²) >= 11 is 7.49. The average molecular weight is 579 g/mol. The van der Waals surface area contributed by atoms with Gasteiger partial charge in [-0.05, 0) is 98.4 Å². The highest BCUT2D eigenvalue weighted by molar-refractivity contribution is 7.99. The summed E-state index contributed by atoms with van der Waals surface area (Å²) in [6.07, 6.45) is 5.46. The van der Waals surface area contributed by atoms with Crippen LogP contribution in [0.3, 0.4) is 0 Å². The SMILES string of the molecule is Cc1cc(C2C(c3ccccn3)NC(=S)N2c2ccc(Sc3ccc([N+](=O)[O-])cc3)cc2)c(C)n1-c1cccnc1. The summed E-state index contributed by atoms with van der Waals surface area (Å²) in [6.45, 7) is 4.24. The molecule has 41 heavy (non-hydrogen) atoms. The normalized spacial score (nSPS) is 16.5. The highest BCUT2D eigenvalue weighted by Gasteiger charge is 2.42. The van der Waals surface area contributed by atoms with Crippen molar-refractivity contribution in [3.8, 4) is 5.69 Å². The molecule has 1 saturated heterocycles. The summed E-state index contributed by atoms with van der Waals surface area (Å²) in [5.41, 5.74) is 6.34. The van der Waals surface area contributed by atoms with Crippen molar-refractivity contribution in [3.05, 3.63) is 136 Å². The maximum absolute atomic E-state index is 11.0. The smallest absolute Gasteiger partial charge is 0.269 e. The Balaban J connectivity index is 1.37. The zero-order valence-corrected chi connectivity index (χ0v) is 24.0. The van der Waals surface area contributed by atoms with Crippen LogP contribution in [-0.2, 0) is 0 Å². The number of anilines is 1. The number of rotatable bonds is 7. The molecular formula is C31H26N6O2S2. The molecule has 0 bridgehead atoms. The number of nitro benzene ring substituents is 1. The molecule has 0 amide bonds. The van der Waals surface area contributed by atoms with Gasteiger partial charge in [-0.25, -0.2) is 0 Å². The molecular weight excluding hydrogens is 553 g/mol. The number of nitrogens with zero attached hydrogens (tertiary/aromatic N) is 5. The Labute approximate surface area is 247 Å². The monoisotopic (exact) mass is 578 g/mol. The van der Waals surface area contributed by atoms with E-state index in [-0.39, 0.29) is 22.7 Å². The van der Waals surface area contributed by atoms with Crippen LogP contribution in [0, 0.1) is 24.0 Å². The quantitative estimate of drug-likeness (QED) is 0.124. The van der Waals surface area contributed by atoms with Gasteiger partial charge in [-0.2, -0.15) is 0 Å². The van der Waals surface area contributed by atoms with E-state index in [2.05, 4.69) is 62.9 Å². The first-order valence-corrected chi connectivity index (χ1v) is 14.3. The summed E-state index contributed by atoms with van der Waals surface area (Å²) in [7, 11) is 0. The van der Waals surface area contributed by atoms with Crippen LogP contribution in [0.25, 0.3) is 5.69 Å². The number of thiocarbonyl (C=S) groups is 1. The van der Waals surface area contributed by atoms with Gasteiger partial charge in [0.25, 0.3) is 5.69 Å². The lowest BCUT2D eigenvalue weighted by atomic mass is 9.96. The molecule has 2 aromatic carbocycles. The van der Waals surface area contributed by atoms with Crippen molar-refractivity contribution in [2.45, 2.75) is 35.7 Å². The van der Waals surface area contributed by atoms with Crippen LogP contribution in [0.4, 0.5) is 11.4 Å². The van der Waals surface area contributed by atoms with Crippen molar-refractivity contribution in [1.82, 2.24) is 19.9 Å². The number of hydrogen-bond acceptors (Lipinski definition) is 6. The van der Waals surface area contributed by atoms with E-state index < -0.39 is 0 Å². The van der Waals surface area contributed by atoms with E-state index in [0.717, 1.165) is 43.8 Å². The molecule has 3 aromatic heterocycles. The molecule has 1 aliphatic rings. The van der Waals surface area contributed by atoms with Crippen LogP contribution < -0.4 is 10.2 Å². The molecule has 204 valence electrons. The maximum Gasteiger partial charge on any atom is 0.269 e. The Bertz CT molecular complexity index is 1710. The highest BCUT2D eigenvalue weighted by Crippen LogP contribution is 2.44. The molecule has 0 spiro atoms. The fraction of sp³-hybridized carbons (Fsp3) is 0.129. The molecule has 4 heterocycles. The van der Waals surface area contributed by atoms with Crippen molar-refractivity contribution in [3.63, 3.8) is 0 Å². The number of benzene rings is 2. The first-order chi connectivity index (χ1) is 19.9. The molecule has 0 radical (unpaired) electrons. The second-order valence-corrected chi connectivity index (χ2v) is 11.3. The fourth-order valence-corrected chi connectivity index (χ4v) is 6.53. The van der Waals surface area contributed by atoms with Crippen molar-refractivity contribution in [2.75, 3.05) is 4.90 Å². The second-order valence-electron chi connectivity index (χ2n) is 9.72. The molecule has 1 fully saturated rings. The van der Waals surface area contributed by atoms with E-state index in [9.17, 15) is 10.1 Å². The Kier molecular flexibility index (Phi) is 7.25. The lowest BCUT2D eigenvalue weighted by Gasteiger charge is -2.28. The first kappa shape index (κ1) is 26.7. The number of non-ortho nitro benzene ring substituents is 1. The minimum Gasteiger partial charge on any atom is -0.351 e. The number of nitro groups is 1. The molecule has 2 unspecified atom stereocenters. The maximum atomic E-state index is 11.0. The average Bonchev–Trinajstić information content (AvgIpc) is 3.49. The largest absolute Gasteiger partial charge is 0.351 e. The molecule has 1 N–H and O–H groups in total. The molecule has 1 aliphatic heterocycles. The molecule has 6 rings (SSSR count). The standard InChI is InChI=1S/C31H26N6O2S2/c1-20-18-27(21(2)35(20)24-6-5-16-32-19-24)30-29(28-7-3-4-17-33-28)34-31(40)36(30)22-8-12-25(13-9-22)41-26-14-10-23(11-15-26)37(38)39/h3-19,29-30H,1-2H3,(H,34,40). The third-order valence-electron chi connectivity index (χ3n) is 7.19. The van der Waals surface area contributed by atoms with Gasteiger partial charge in [-0.1, -0.05) is 17.8 Å². The van der Waals surface area contributed by atoms with E-state index in [4.69, 9.17) is 12.2 Å². The number of pyridine rings is 2. The van der Waals surface area contributed by atoms with Crippen LogP contribution in [0.15, 0.2) is 113 Å². The Morgan fingerprint density at radius 2 is 1.66 bits per heavy atom. The van der Waals surface area contributed by atoms with Gasteiger partial charge < -0.3 is 14.8 Å². The van der Waals surface area contributed by atoms with Gasteiger partial charge in [0.2, 0.25) is 0 Å². The predicted octanol–water partition coefficient (Wildman–Crippen LogP) is 7.12. The minimum absolute atomic E-state index is 0.0798. The van der Waals surface area contributed by atoms with Crippen LogP contribution in [0.2, 0.25) is 0 Å². The summed E-state index contributed by atoms with van der Waals surface area (Å²) in [4.78, 5) is 23.7. The topological polar surface area (TPSA) is 89.1 Å². The summed E-state index contributed by atoms with van der Waals surface area (Å²) in [5, 5.41) is 15.2. The minimum atomic E-state index is -0.390. The molecule has 10 heteroatoms. The fourth-order valence-electron chi connectivity index (χ4n) is 5.37. The Morgan fingerprint density at radius 1 is 0.927 bits per heavy atom. The Hall–Kier alpha value is -4.54. The van der Waals surface area contributed by atoms with Crippen molar-refractivity contribution in [2.24, 2.45) is 0 Å². The van der Waals surface area contributed by atoms with Gasteiger partial charge in [0.1, 0.15) is 0 Å². The van der Waals surface area contributed by atoms with Gasteiger partial charge in [-0.15, -0.1) is 0 Å². The zero-order valence-electron chi connectivity index (χ0n) is 22.3. The van der Waals surface area contributed by atoms with Gasteiger partial charge >= 0.3 is 0 Å². The Morgan fingerprint density at radius 3 is 2.29 bits per heavy atom. The predicted molar refractivity (Wildman–Crippen MR) is 165 cm³/mol. The molecule has 5 aromatic rings. The van der Waals surface area contributed by atoms with E-state index in [1.807, 2.05) is 48.8 Å². The number of nitrogens with one attached hydrogen (secondary N) is 1. The van der Waals surface area contributed by atoms with Crippen LogP contribution in [0.5, 0.6) is 0 Å². The van der Waals surface area contributed by atoms with Crippen LogP contribution in [0.1, 0.15) is 34.7 Å². The van der Waals surface area contributed by atoms with E-state index >= 15 is 0 Å². The van der Waals surface area contributed by atoms with E-state index in [0.29, 0.717) is 5.11 Å². The molecule has 0 aliphatic carbocycles. The van der Waals surface area contributed by atoms with E-state index in [1.54, 1.807) is 30.1 Å². The van der Waals surface area contributed by atoms with Crippen molar-refractivity contribution in [1.29, 1.82) is 0 Å².